The second kappa shape index (κ2) is 4.89. The average molecular weight is 277 g/mol. The van der Waals surface area contributed by atoms with Crippen LogP contribution >= 0.6 is 0 Å². The van der Waals surface area contributed by atoms with Gasteiger partial charge >= 0.3 is 5.69 Å². The van der Waals surface area contributed by atoms with Crippen LogP contribution in [0.3, 0.4) is 0 Å². The van der Waals surface area contributed by atoms with E-state index in [2.05, 4.69) is 10.1 Å². The van der Waals surface area contributed by atoms with Crippen LogP contribution in [0.5, 0.6) is 5.75 Å². The van der Waals surface area contributed by atoms with E-state index < -0.39 is 10.7 Å². The zero-order chi connectivity index (χ0) is 14.1. The molecule has 0 spiro atoms. The number of phenols is 1. The lowest BCUT2D eigenvalue weighted by Gasteiger charge is -1.99. The van der Waals surface area contributed by atoms with Crippen molar-refractivity contribution >= 4 is 5.69 Å². The van der Waals surface area contributed by atoms with Gasteiger partial charge in [-0.1, -0.05) is 5.16 Å². The van der Waals surface area contributed by atoms with Crippen molar-refractivity contribution in [2.24, 2.45) is 0 Å². The Morgan fingerprint density at radius 3 is 2.95 bits per heavy atom. The lowest BCUT2D eigenvalue weighted by Crippen LogP contribution is -1.99. The maximum Gasteiger partial charge on any atom is 0.310 e. The summed E-state index contributed by atoms with van der Waals surface area (Å²) in [7, 11) is 0. The SMILES string of the molecule is O=[N+]([O-])c1ccc(-c2nc([C@@H]3CCOC3)no2)cc1O. The molecule has 1 aliphatic heterocycles. The highest BCUT2D eigenvalue weighted by Gasteiger charge is 2.24. The van der Waals surface area contributed by atoms with Crippen molar-refractivity contribution in [1.82, 2.24) is 10.1 Å². The Balaban J connectivity index is 1.89. The molecule has 0 bridgehead atoms. The average Bonchev–Trinajstić information content (AvgIpc) is 3.09. The first-order chi connectivity index (χ1) is 9.65. The highest BCUT2D eigenvalue weighted by atomic mass is 16.6. The summed E-state index contributed by atoms with van der Waals surface area (Å²) in [5.74, 6) is 0.447. The van der Waals surface area contributed by atoms with Crippen LogP contribution in [0.4, 0.5) is 5.69 Å². The summed E-state index contributed by atoms with van der Waals surface area (Å²) >= 11 is 0. The molecule has 1 aromatic heterocycles. The van der Waals surface area contributed by atoms with Crippen molar-refractivity contribution < 1.29 is 19.3 Å². The van der Waals surface area contributed by atoms with Gasteiger partial charge in [-0.05, 0) is 18.6 Å². The molecule has 1 aromatic carbocycles. The minimum atomic E-state index is -0.659. The number of hydrogen-bond donors (Lipinski definition) is 1. The molecule has 0 unspecified atom stereocenters. The molecule has 8 heteroatoms. The number of nitro groups is 1. The van der Waals surface area contributed by atoms with Gasteiger partial charge in [0, 0.05) is 24.2 Å². The van der Waals surface area contributed by atoms with Crippen LogP contribution in [-0.4, -0.2) is 33.4 Å². The zero-order valence-electron chi connectivity index (χ0n) is 10.4. The van der Waals surface area contributed by atoms with E-state index in [1.807, 2.05) is 0 Å². The van der Waals surface area contributed by atoms with Crippen LogP contribution in [0.1, 0.15) is 18.2 Å². The van der Waals surface area contributed by atoms with Crippen LogP contribution in [0.15, 0.2) is 22.7 Å². The molecule has 1 atom stereocenters. The number of nitrogens with zero attached hydrogens (tertiary/aromatic N) is 3. The van der Waals surface area contributed by atoms with Crippen molar-refractivity contribution in [2.75, 3.05) is 13.2 Å². The number of nitro benzene ring substituents is 1. The predicted octanol–water partition coefficient (Wildman–Crippen LogP) is 1.85. The summed E-state index contributed by atoms with van der Waals surface area (Å²) in [5, 5.41) is 24.1. The number of benzene rings is 1. The van der Waals surface area contributed by atoms with Crippen molar-refractivity contribution in [1.29, 1.82) is 0 Å². The molecule has 0 saturated carbocycles. The Kier molecular flexibility index (Phi) is 3.07. The summed E-state index contributed by atoms with van der Waals surface area (Å²) < 4.78 is 10.4. The van der Waals surface area contributed by atoms with E-state index in [1.54, 1.807) is 0 Å². The van der Waals surface area contributed by atoms with Crippen molar-refractivity contribution in [2.45, 2.75) is 12.3 Å². The number of aromatic hydroxyl groups is 1. The molecule has 2 heterocycles. The van der Waals surface area contributed by atoms with E-state index in [1.165, 1.54) is 18.2 Å². The molecule has 0 amide bonds. The van der Waals surface area contributed by atoms with Crippen molar-refractivity contribution in [3.8, 4) is 17.2 Å². The van der Waals surface area contributed by atoms with E-state index >= 15 is 0 Å². The lowest BCUT2D eigenvalue weighted by atomic mass is 10.1. The van der Waals surface area contributed by atoms with Crippen molar-refractivity contribution in [3.05, 3.63) is 34.1 Å². The summed E-state index contributed by atoms with van der Waals surface area (Å²) in [6.45, 7) is 1.23. The monoisotopic (exact) mass is 277 g/mol. The summed E-state index contributed by atoms with van der Waals surface area (Å²) in [5.41, 5.74) is 0.0726. The Morgan fingerprint density at radius 2 is 2.30 bits per heavy atom. The Hall–Kier alpha value is -2.48. The van der Waals surface area contributed by atoms with E-state index in [9.17, 15) is 15.2 Å². The minimum absolute atomic E-state index is 0.110. The van der Waals surface area contributed by atoms with Crippen LogP contribution in [0.25, 0.3) is 11.5 Å². The van der Waals surface area contributed by atoms with E-state index in [0.29, 0.717) is 24.6 Å². The molecule has 0 radical (unpaired) electrons. The fourth-order valence-corrected chi connectivity index (χ4v) is 2.07. The van der Waals surface area contributed by atoms with E-state index in [-0.39, 0.29) is 17.5 Å². The van der Waals surface area contributed by atoms with Crippen LogP contribution < -0.4 is 0 Å². The van der Waals surface area contributed by atoms with Gasteiger partial charge in [-0.2, -0.15) is 4.98 Å². The number of hydrogen-bond acceptors (Lipinski definition) is 7. The standard InChI is InChI=1S/C12H11N3O5/c16-10-5-7(1-2-9(10)15(17)18)12-13-11(14-20-12)8-3-4-19-6-8/h1-2,5,8,16H,3-4,6H2/t8-/m1/s1. The van der Waals surface area contributed by atoms with Gasteiger partial charge in [0.2, 0.25) is 0 Å². The molecule has 0 aliphatic carbocycles. The normalized spacial score (nSPS) is 18.3. The number of rotatable bonds is 3. The van der Waals surface area contributed by atoms with Gasteiger partial charge in [0.25, 0.3) is 5.89 Å². The van der Waals surface area contributed by atoms with E-state index in [4.69, 9.17) is 9.26 Å². The van der Waals surface area contributed by atoms with Gasteiger partial charge in [0.15, 0.2) is 11.6 Å². The van der Waals surface area contributed by atoms with Gasteiger partial charge in [0.1, 0.15) is 0 Å². The Labute approximate surface area is 113 Å². The first-order valence-corrected chi connectivity index (χ1v) is 6.04. The van der Waals surface area contributed by atoms with E-state index in [0.717, 1.165) is 6.42 Å². The molecule has 20 heavy (non-hydrogen) atoms. The first kappa shape index (κ1) is 12.5. The minimum Gasteiger partial charge on any atom is -0.502 e. The fourth-order valence-electron chi connectivity index (χ4n) is 2.07. The quantitative estimate of drug-likeness (QED) is 0.673. The van der Waals surface area contributed by atoms with Gasteiger partial charge in [-0.15, -0.1) is 0 Å². The second-order valence-corrected chi connectivity index (χ2v) is 4.48. The molecule has 104 valence electrons. The van der Waals surface area contributed by atoms with Crippen LogP contribution in [0.2, 0.25) is 0 Å². The highest BCUT2D eigenvalue weighted by Crippen LogP contribution is 2.31. The molecule has 1 aliphatic rings. The lowest BCUT2D eigenvalue weighted by molar-refractivity contribution is -0.385. The zero-order valence-corrected chi connectivity index (χ0v) is 10.4. The summed E-state index contributed by atoms with van der Waals surface area (Å²) in [6, 6.07) is 3.90. The highest BCUT2D eigenvalue weighted by molar-refractivity contribution is 5.61. The third kappa shape index (κ3) is 2.21. The summed E-state index contributed by atoms with van der Waals surface area (Å²) in [4.78, 5) is 14.2. The molecule has 1 fully saturated rings. The molecular formula is C12H11N3O5. The van der Waals surface area contributed by atoms with Gasteiger partial charge in [0.05, 0.1) is 11.5 Å². The summed E-state index contributed by atoms with van der Waals surface area (Å²) in [6.07, 6.45) is 0.838. The smallest absolute Gasteiger partial charge is 0.310 e. The number of phenolic OH excluding ortho intramolecular Hbond substituents is 1. The maximum absolute atomic E-state index is 10.6. The second-order valence-electron chi connectivity index (χ2n) is 4.48. The molecular weight excluding hydrogens is 266 g/mol. The van der Waals surface area contributed by atoms with Gasteiger partial charge in [-0.25, -0.2) is 0 Å². The molecule has 8 nitrogen and oxygen atoms in total. The molecule has 2 aromatic rings. The Morgan fingerprint density at radius 1 is 1.45 bits per heavy atom. The molecule has 1 N–H and O–H groups in total. The maximum atomic E-state index is 10.6. The molecule has 1 saturated heterocycles. The van der Waals surface area contributed by atoms with Crippen LogP contribution in [-0.2, 0) is 4.74 Å². The van der Waals surface area contributed by atoms with Crippen LogP contribution in [0, 0.1) is 10.1 Å². The Bertz CT molecular complexity index is 648. The largest absolute Gasteiger partial charge is 0.502 e. The van der Waals surface area contributed by atoms with Gasteiger partial charge in [-0.3, -0.25) is 10.1 Å². The number of ether oxygens (including phenoxy) is 1. The topological polar surface area (TPSA) is 112 Å². The third-order valence-corrected chi connectivity index (χ3v) is 3.16. The van der Waals surface area contributed by atoms with Gasteiger partial charge < -0.3 is 14.4 Å². The van der Waals surface area contributed by atoms with Crippen molar-refractivity contribution in [3.63, 3.8) is 0 Å². The third-order valence-electron chi connectivity index (χ3n) is 3.16. The predicted molar refractivity (Wildman–Crippen MR) is 66.2 cm³/mol. The fraction of sp³-hybridized carbons (Fsp3) is 0.333. The first-order valence-electron chi connectivity index (χ1n) is 6.04. The molecule has 3 rings (SSSR count). The number of aromatic nitrogens is 2.